The fraction of sp³-hybridized carbons (Fsp3) is 0.786. The van der Waals surface area contributed by atoms with E-state index in [0.29, 0.717) is 18.3 Å². The van der Waals surface area contributed by atoms with Crippen LogP contribution >= 0.6 is 0 Å². The summed E-state index contributed by atoms with van der Waals surface area (Å²) >= 11 is 0. The van der Waals surface area contributed by atoms with Gasteiger partial charge >= 0.3 is 0 Å². The number of aliphatic hydroxyl groups is 1. The molecule has 0 radical (unpaired) electrons. The molecule has 5 heteroatoms. The van der Waals surface area contributed by atoms with Gasteiger partial charge in [-0.05, 0) is 32.1 Å². The summed E-state index contributed by atoms with van der Waals surface area (Å²) < 4.78 is 12.7. The number of aryl methyl sites for hydroxylation is 1. The summed E-state index contributed by atoms with van der Waals surface area (Å²) in [6, 6.07) is 0. The molecule has 0 aliphatic carbocycles. The summed E-state index contributed by atoms with van der Waals surface area (Å²) in [5, 5.41) is 14.7. The van der Waals surface area contributed by atoms with Crippen molar-refractivity contribution in [2.75, 3.05) is 13.7 Å². The minimum atomic E-state index is -0.534. The van der Waals surface area contributed by atoms with E-state index in [2.05, 4.69) is 12.0 Å². The number of methoxy groups -OCH3 is 1. The summed E-state index contributed by atoms with van der Waals surface area (Å²) in [6.45, 7) is 3.75. The second-order valence-corrected chi connectivity index (χ2v) is 5.05. The number of hydrogen-bond acceptors (Lipinski definition) is 4. The molecule has 0 aromatic carbocycles. The van der Waals surface area contributed by atoms with Crippen LogP contribution in [0.4, 0.5) is 0 Å². The summed E-state index contributed by atoms with van der Waals surface area (Å²) in [6.07, 6.45) is 6.27. The molecule has 1 saturated heterocycles. The van der Waals surface area contributed by atoms with E-state index in [0.717, 1.165) is 44.5 Å². The lowest BCUT2D eigenvalue weighted by atomic mass is 10.1. The summed E-state index contributed by atoms with van der Waals surface area (Å²) in [7, 11) is 1.61. The maximum Gasteiger partial charge on any atom is 0.162 e. The van der Waals surface area contributed by atoms with Crippen LogP contribution in [0.3, 0.4) is 0 Å². The quantitative estimate of drug-likeness (QED) is 0.824. The zero-order valence-corrected chi connectivity index (χ0v) is 11.8. The fourth-order valence-electron chi connectivity index (χ4n) is 2.61. The van der Waals surface area contributed by atoms with Crippen molar-refractivity contribution in [2.24, 2.45) is 0 Å². The minimum absolute atomic E-state index is 0.309. The average Bonchev–Trinajstić information content (AvgIpc) is 3.05. The van der Waals surface area contributed by atoms with E-state index in [1.54, 1.807) is 13.3 Å². The number of ether oxygens (including phenoxy) is 2. The summed E-state index contributed by atoms with van der Waals surface area (Å²) in [4.78, 5) is 0. The molecular formula is C14H24N2O3. The van der Waals surface area contributed by atoms with Crippen molar-refractivity contribution >= 4 is 0 Å². The van der Waals surface area contributed by atoms with E-state index in [4.69, 9.17) is 9.47 Å². The van der Waals surface area contributed by atoms with Crippen molar-refractivity contribution in [2.45, 2.75) is 57.8 Å². The molecule has 1 N–H and O–H groups in total. The van der Waals surface area contributed by atoms with Crippen LogP contribution in [0.15, 0.2) is 6.20 Å². The van der Waals surface area contributed by atoms with Crippen LogP contribution in [0.25, 0.3) is 0 Å². The van der Waals surface area contributed by atoms with Crippen LogP contribution in [-0.2, 0) is 11.3 Å². The Balaban J connectivity index is 1.99. The first kappa shape index (κ1) is 14.3. The lowest BCUT2D eigenvalue weighted by Gasteiger charge is -2.16. The highest BCUT2D eigenvalue weighted by Crippen LogP contribution is 2.30. The highest BCUT2D eigenvalue weighted by atomic mass is 16.5. The van der Waals surface area contributed by atoms with E-state index in [1.165, 1.54) is 0 Å². The van der Waals surface area contributed by atoms with Gasteiger partial charge in [-0.25, -0.2) is 0 Å². The zero-order chi connectivity index (χ0) is 13.7. The number of aliphatic hydroxyl groups excluding tert-OH is 1. The largest absolute Gasteiger partial charge is 0.493 e. The highest BCUT2D eigenvalue weighted by Gasteiger charge is 2.22. The molecular weight excluding hydrogens is 244 g/mol. The summed E-state index contributed by atoms with van der Waals surface area (Å²) in [5.74, 6) is 0.674. The molecule has 0 saturated carbocycles. The Morgan fingerprint density at radius 2 is 2.47 bits per heavy atom. The van der Waals surface area contributed by atoms with Gasteiger partial charge in [0, 0.05) is 13.2 Å². The van der Waals surface area contributed by atoms with E-state index in [9.17, 15) is 5.11 Å². The van der Waals surface area contributed by atoms with Gasteiger partial charge in [0.1, 0.15) is 5.69 Å². The Morgan fingerprint density at radius 3 is 3.11 bits per heavy atom. The Kier molecular flexibility index (Phi) is 5.22. The third kappa shape index (κ3) is 3.48. The van der Waals surface area contributed by atoms with Gasteiger partial charge in [-0.3, -0.25) is 4.68 Å². The lowest BCUT2D eigenvalue weighted by Crippen LogP contribution is -2.13. The highest BCUT2D eigenvalue weighted by molar-refractivity contribution is 5.27. The number of rotatable bonds is 7. The van der Waals surface area contributed by atoms with Gasteiger partial charge in [-0.2, -0.15) is 5.10 Å². The first-order valence-electron chi connectivity index (χ1n) is 7.15. The van der Waals surface area contributed by atoms with Gasteiger partial charge in [-0.15, -0.1) is 0 Å². The second-order valence-electron chi connectivity index (χ2n) is 5.05. The third-order valence-electron chi connectivity index (χ3n) is 3.60. The molecule has 0 spiro atoms. The molecule has 2 unspecified atom stereocenters. The van der Waals surface area contributed by atoms with Crippen LogP contribution in [-0.4, -0.2) is 34.7 Å². The van der Waals surface area contributed by atoms with Gasteiger partial charge in [0.2, 0.25) is 0 Å². The van der Waals surface area contributed by atoms with Gasteiger partial charge in [-0.1, -0.05) is 6.92 Å². The molecule has 0 amide bonds. The number of hydrogen-bond donors (Lipinski definition) is 1. The van der Waals surface area contributed by atoms with Crippen molar-refractivity contribution in [1.82, 2.24) is 9.78 Å². The van der Waals surface area contributed by atoms with E-state index in [1.807, 2.05) is 4.68 Å². The van der Waals surface area contributed by atoms with Crippen molar-refractivity contribution in [3.63, 3.8) is 0 Å². The Labute approximate surface area is 114 Å². The monoisotopic (exact) mass is 268 g/mol. The molecule has 1 aliphatic heterocycles. The first-order chi connectivity index (χ1) is 9.26. The Bertz CT molecular complexity index is 386. The maximum atomic E-state index is 10.4. The van der Waals surface area contributed by atoms with Crippen molar-refractivity contribution < 1.29 is 14.6 Å². The molecule has 1 aliphatic rings. The van der Waals surface area contributed by atoms with Gasteiger partial charge in [0.25, 0.3) is 0 Å². The second kappa shape index (κ2) is 6.91. The normalized spacial score (nSPS) is 20.7. The standard InChI is InChI=1S/C14H24N2O3/c1-3-8-16-14(13(18-2)10-15-16)12(17)7-6-11-5-4-9-19-11/h10-12,17H,3-9H2,1-2H3. The maximum absolute atomic E-state index is 10.4. The summed E-state index contributed by atoms with van der Waals surface area (Å²) in [5.41, 5.74) is 0.794. The number of nitrogens with zero attached hydrogens (tertiary/aromatic N) is 2. The van der Waals surface area contributed by atoms with Gasteiger partial charge in [0.05, 0.1) is 25.5 Å². The van der Waals surface area contributed by atoms with E-state index in [-0.39, 0.29) is 0 Å². The molecule has 5 nitrogen and oxygen atoms in total. The molecule has 2 heterocycles. The molecule has 1 fully saturated rings. The first-order valence-corrected chi connectivity index (χ1v) is 7.15. The lowest BCUT2D eigenvalue weighted by molar-refractivity contribution is 0.0780. The fourth-order valence-corrected chi connectivity index (χ4v) is 2.61. The smallest absolute Gasteiger partial charge is 0.162 e. The molecule has 1 aromatic rings. The van der Waals surface area contributed by atoms with Gasteiger partial charge < -0.3 is 14.6 Å². The minimum Gasteiger partial charge on any atom is -0.493 e. The van der Waals surface area contributed by atoms with E-state index < -0.39 is 6.10 Å². The van der Waals surface area contributed by atoms with Crippen LogP contribution in [0.2, 0.25) is 0 Å². The molecule has 19 heavy (non-hydrogen) atoms. The molecule has 0 bridgehead atoms. The van der Waals surface area contributed by atoms with Crippen LogP contribution in [0, 0.1) is 0 Å². The zero-order valence-electron chi connectivity index (χ0n) is 11.8. The van der Waals surface area contributed by atoms with Crippen molar-refractivity contribution in [3.05, 3.63) is 11.9 Å². The van der Waals surface area contributed by atoms with Crippen molar-refractivity contribution in [1.29, 1.82) is 0 Å². The SMILES string of the molecule is CCCn1ncc(OC)c1C(O)CCC1CCCO1. The van der Waals surface area contributed by atoms with E-state index >= 15 is 0 Å². The molecule has 2 atom stereocenters. The Morgan fingerprint density at radius 1 is 1.63 bits per heavy atom. The van der Waals surface area contributed by atoms with Crippen LogP contribution in [0.5, 0.6) is 5.75 Å². The Hall–Kier alpha value is -1.07. The van der Waals surface area contributed by atoms with Crippen molar-refractivity contribution in [3.8, 4) is 5.75 Å². The van der Waals surface area contributed by atoms with Crippen LogP contribution < -0.4 is 4.74 Å². The third-order valence-corrected chi connectivity index (χ3v) is 3.60. The van der Waals surface area contributed by atoms with Crippen LogP contribution in [0.1, 0.15) is 50.8 Å². The molecule has 108 valence electrons. The predicted octanol–water partition coefficient (Wildman–Crippen LogP) is 2.29. The number of aromatic nitrogens is 2. The average molecular weight is 268 g/mol. The molecule has 1 aromatic heterocycles. The predicted molar refractivity (Wildman–Crippen MR) is 72.2 cm³/mol. The van der Waals surface area contributed by atoms with Gasteiger partial charge in [0.15, 0.2) is 5.75 Å². The topological polar surface area (TPSA) is 56.5 Å². The molecule has 2 rings (SSSR count).